The molecule has 0 spiro atoms. The first-order chi connectivity index (χ1) is 9.79. The van der Waals surface area contributed by atoms with E-state index < -0.39 is 34.8 Å². The van der Waals surface area contributed by atoms with Gasteiger partial charge in [-0.3, -0.25) is 4.79 Å². The van der Waals surface area contributed by atoms with E-state index in [-0.39, 0.29) is 5.69 Å². The topological polar surface area (TPSA) is 29.1 Å². The third-order valence-corrected chi connectivity index (χ3v) is 2.66. The molecule has 0 saturated heterocycles. The second kappa shape index (κ2) is 5.51. The number of alkyl halides is 3. The molecule has 0 aliphatic carbocycles. The number of carbonyl (C=O) groups excluding carboxylic acids is 1. The van der Waals surface area contributed by atoms with Gasteiger partial charge in [0.05, 0.1) is 16.8 Å². The minimum atomic E-state index is -4.71. The average Bonchev–Trinajstić information content (AvgIpc) is 2.40. The van der Waals surface area contributed by atoms with Gasteiger partial charge in [0.25, 0.3) is 5.91 Å². The highest BCUT2D eigenvalue weighted by atomic mass is 19.4. The highest BCUT2D eigenvalue weighted by Gasteiger charge is 2.32. The standard InChI is InChI=1S/C14H8F5NO/c15-10-6-5-8(14(17,18)19)7-9(10)13(21)20-12-4-2-1-3-11(12)16/h1-7H,(H,20,21). The van der Waals surface area contributed by atoms with Crippen LogP contribution in [0.2, 0.25) is 0 Å². The van der Waals surface area contributed by atoms with Crippen LogP contribution in [-0.4, -0.2) is 5.91 Å². The Bertz CT molecular complexity index is 681. The minimum absolute atomic E-state index is 0.251. The number of benzene rings is 2. The molecule has 0 radical (unpaired) electrons. The fourth-order valence-corrected chi connectivity index (χ4v) is 1.63. The molecule has 2 aromatic carbocycles. The molecule has 0 unspecified atom stereocenters. The summed E-state index contributed by atoms with van der Waals surface area (Å²) >= 11 is 0. The van der Waals surface area contributed by atoms with Crippen LogP contribution in [0.4, 0.5) is 27.6 Å². The Balaban J connectivity index is 2.33. The van der Waals surface area contributed by atoms with E-state index >= 15 is 0 Å². The SMILES string of the molecule is O=C(Nc1ccccc1F)c1cc(C(F)(F)F)ccc1F. The van der Waals surface area contributed by atoms with E-state index in [9.17, 15) is 26.7 Å². The van der Waals surface area contributed by atoms with Crippen molar-refractivity contribution < 1.29 is 26.7 Å². The van der Waals surface area contributed by atoms with Crippen LogP contribution in [0.5, 0.6) is 0 Å². The second-order valence-corrected chi connectivity index (χ2v) is 4.13. The summed E-state index contributed by atoms with van der Waals surface area (Å²) in [5.41, 5.74) is -2.23. The predicted molar refractivity (Wildman–Crippen MR) is 65.8 cm³/mol. The number of hydrogen-bond donors (Lipinski definition) is 1. The number of amides is 1. The second-order valence-electron chi connectivity index (χ2n) is 4.13. The van der Waals surface area contributed by atoms with Crippen LogP contribution in [0.15, 0.2) is 42.5 Å². The van der Waals surface area contributed by atoms with Gasteiger partial charge < -0.3 is 5.32 Å². The zero-order chi connectivity index (χ0) is 15.6. The lowest BCUT2D eigenvalue weighted by atomic mass is 10.1. The lowest BCUT2D eigenvalue weighted by Crippen LogP contribution is -2.16. The van der Waals surface area contributed by atoms with Crippen molar-refractivity contribution in [1.29, 1.82) is 0 Å². The van der Waals surface area contributed by atoms with Gasteiger partial charge in [-0.1, -0.05) is 12.1 Å². The van der Waals surface area contributed by atoms with Crippen molar-refractivity contribution in [1.82, 2.24) is 0 Å². The molecule has 2 nitrogen and oxygen atoms in total. The number of rotatable bonds is 2. The molecule has 7 heteroatoms. The van der Waals surface area contributed by atoms with Crippen LogP contribution in [0.25, 0.3) is 0 Å². The fourth-order valence-electron chi connectivity index (χ4n) is 1.63. The fraction of sp³-hybridized carbons (Fsp3) is 0.0714. The minimum Gasteiger partial charge on any atom is -0.319 e. The van der Waals surface area contributed by atoms with Crippen LogP contribution >= 0.6 is 0 Å². The van der Waals surface area contributed by atoms with E-state index in [1.165, 1.54) is 18.2 Å². The van der Waals surface area contributed by atoms with Gasteiger partial charge in [-0.05, 0) is 30.3 Å². The first-order valence-corrected chi connectivity index (χ1v) is 5.71. The maximum Gasteiger partial charge on any atom is 0.416 e. The summed E-state index contributed by atoms with van der Waals surface area (Å²) in [6.45, 7) is 0. The Morgan fingerprint density at radius 3 is 2.24 bits per heavy atom. The molecule has 0 aromatic heterocycles. The number of halogens is 5. The van der Waals surface area contributed by atoms with E-state index in [2.05, 4.69) is 0 Å². The molecule has 110 valence electrons. The van der Waals surface area contributed by atoms with Gasteiger partial charge >= 0.3 is 6.18 Å². The Morgan fingerprint density at radius 2 is 1.62 bits per heavy atom. The summed E-state index contributed by atoms with van der Waals surface area (Å²) in [7, 11) is 0. The van der Waals surface area contributed by atoms with E-state index in [4.69, 9.17) is 0 Å². The molecular weight excluding hydrogens is 293 g/mol. The highest BCUT2D eigenvalue weighted by Crippen LogP contribution is 2.30. The van der Waals surface area contributed by atoms with Crippen molar-refractivity contribution in [3.8, 4) is 0 Å². The first-order valence-electron chi connectivity index (χ1n) is 5.71. The molecule has 0 fully saturated rings. The van der Waals surface area contributed by atoms with Gasteiger partial charge in [-0.2, -0.15) is 13.2 Å². The van der Waals surface area contributed by atoms with Crippen molar-refractivity contribution in [2.24, 2.45) is 0 Å². The molecule has 0 aliphatic rings. The Kier molecular flexibility index (Phi) is 3.93. The van der Waals surface area contributed by atoms with Gasteiger partial charge in [0.15, 0.2) is 0 Å². The van der Waals surface area contributed by atoms with Crippen molar-refractivity contribution in [3.05, 3.63) is 65.2 Å². The quantitative estimate of drug-likeness (QED) is 0.826. The van der Waals surface area contributed by atoms with Gasteiger partial charge in [0.2, 0.25) is 0 Å². The summed E-state index contributed by atoms with van der Waals surface area (Å²) < 4.78 is 64.5. The van der Waals surface area contributed by atoms with Gasteiger partial charge in [0.1, 0.15) is 11.6 Å². The van der Waals surface area contributed by atoms with Crippen molar-refractivity contribution in [3.63, 3.8) is 0 Å². The lowest BCUT2D eigenvalue weighted by Gasteiger charge is -2.10. The molecule has 0 aliphatic heterocycles. The third kappa shape index (κ3) is 3.36. The van der Waals surface area contributed by atoms with Crippen molar-refractivity contribution in [2.75, 3.05) is 5.32 Å². The average molecular weight is 301 g/mol. The molecule has 0 saturated carbocycles. The first kappa shape index (κ1) is 15.0. The van der Waals surface area contributed by atoms with Crippen molar-refractivity contribution >= 4 is 11.6 Å². The number of para-hydroxylation sites is 1. The monoisotopic (exact) mass is 301 g/mol. The van der Waals surface area contributed by atoms with E-state index in [0.717, 1.165) is 6.07 Å². The van der Waals surface area contributed by atoms with Crippen LogP contribution < -0.4 is 5.32 Å². The van der Waals surface area contributed by atoms with Crippen LogP contribution in [0.3, 0.4) is 0 Å². The summed E-state index contributed by atoms with van der Waals surface area (Å²) in [5, 5.41) is 2.02. The molecule has 2 aromatic rings. The lowest BCUT2D eigenvalue weighted by molar-refractivity contribution is -0.137. The largest absolute Gasteiger partial charge is 0.416 e. The summed E-state index contributed by atoms with van der Waals surface area (Å²) in [4.78, 5) is 11.8. The molecule has 21 heavy (non-hydrogen) atoms. The zero-order valence-electron chi connectivity index (χ0n) is 10.3. The Labute approximate surface area is 116 Å². The summed E-state index contributed by atoms with van der Waals surface area (Å²) in [6, 6.07) is 6.49. The Morgan fingerprint density at radius 1 is 0.952 bits per heavy atom. The van der Waals surface area contributed by atoms with Crippen molar-refractivity contribution in [2.45, 2.75) is 6.18 Å². The van der Waals surface area contributed by atoms with Crippen LogP contribution in [0, 0.1) is 11.6 Å². The molecule has 2 rings (SSSR count). The summed E-state index contributed by atoms with van der Waals surface area (Å²) in [5.74, 6) is -3.07. The molecule has 1 amide bonds. The number of anilines is 1. The molecule has 0 heterocycles. The van der Waals surface area contributed by atoms with Gasteiger partial charge in [-0.15, -0.1) is 0 Å². The molecule has 1 N–H and O–H groups in total. The number of carbonyl (C=O) groups is 1. The van der Waals surface area contributed by atoms with Crippen LogP contribution in [-0.2, 0) is 6.18 Å². The summed E-state index contributed by atoms with van der Waals surface area (Å²) in [6.07, 6.45) is -4.71. The maximum atomic E-state index is 13.5. The van der Waals surface area contributed by atoms with E-state index in [0.29, 0.717) is 18.2 Å². The molecule has 0 bridgehead atoms. The maximum absolute atomic E-state index is 13.5. The van der Waals surface area contributed by atoms with E-state index in [1.807, 2.05) is 5.32 Å². The molecule has 0 atom stereocenters. The number of hydrogen-bond acceptors (Lipinski definition) is 1. The smallest absolute Gasteiger partial charge is 0.319 e. The van der Waals surface area contributed by atoms with Gasteiger partial charge in [-0.25, -0.2) is 8.78 Å². The normalized spacial score (nSPS) is 11.3. The van der Waals surface area contributed by atoms with Crippen LogP contribution in [0.1, 0.15) is 15.9 Å². The Hall–Kier alpha value is -2.44. The van der Waals surface area contributed by atoms with E-state index in [1.54, 1.807) is 0 Å². The highest BCUT2D eigenvalue weighted by molar-refractivity contribution is 6.04. The molecular formula is C14H8F5NO. The number of nitrogens with one attached hydrogen (secondary N) is 1. The third-order valence-electron chi connectivity index (χ3n) is 2.66. The van der Waals surface area contributed by atoms with Gasteiger partial charge in [0, 0.05) is 0 Å². The zero-order valence-corrected chi connectivity index (χ0v) is 10.3. The predicted octanol–water partition coefficient (Wildman–Crippen LogP) is 4.24.